The van der Waals surface area contributed by atoms with Crippen molar-refractivity contribution in [3.05, 3.63) is 11.3 Å². The summed E-state index contributed by atoms with van der Waals surface area (Å²) in [7, 11) is 2.09. The molecule has 0 aromatic carbocycles. The van der Waals surface area contributed by atoms with E-state index in [1.165, 1.54) is 0 Å². The molecule has 0 amide bonds. The summed E-state index contributed by atoms with van der Waals surface area (Å²) in [5.74, 6) is 1.78. The van der Waals surface area contributed by atoms with E-state index in [1.54, 1.807) is 11.8 Å². The Kier molecular flexibility index (Phi) is 7.77. The molecule has 0 bridgehead atoms. The molecule has 0 aromatic heterocycles. The van der Waals surface area contributed by atoms with Crippen LogP contribution in [0, 0.1) is 5.41 Å². The van der Waals surface area contributed by atoms with Gasteiger partial charge in [0.05, 0.1) is 19.0 Å². The number of Topliss-reactive ketones (excluding diaryl/α,β-unsaturated/α-hetero) is 1. The standard InChI is InChI=1S/C16H30N2O2S/c1-6-18(5)8-10-20-9-7-17-13-11-21-12-14(19)15(13)16(2,3)4/h17H,6-12H2,1-5H3. The molecule has 0 saturated heterocycles. The van der Waals surface area contributed by atoms with Crippen LogP contribution in [-0.4, -0.2) is 62.1 Å². The fourth-order valence-electron chi connectivity index (χ4n) is 2.32. The van der Waals surface area contributed by atoms with Gasteiger partial charge in [0.2, 0.25) is 0 Å². The van der Waals surface area contributed by atoms with Crippen LogP contribution in [-0.2, 0) is 9.53 Å². The van der Waals surface area contributed by atoms with Crippen LogP contribution in [0.3, 0.4) is 0 Å². The van der Waals surface area contributed by atoms with Gasteiger partial charge in [0, 0.05) is 30.1 Å². The van der Waals surface area contributed by atoms with Crippen LogP contribution in [0.4, 0.5) is 0 Å². The molecule has 21 heavy (non-hydrogen) atoms. The van der Waals surface area contributed by atoms with E-state index in [0.29, 0.717) is 12.4 Å². The predicted octanol–water partition coefficient (Wildman–Crippen LogP) is 2.16. The van der Waals surface area contributed by atoms with Gasteiger partial charge in [0.1, 0.15) is 0 Å². The van der Waals surface area contributed by atoms with Crippen molar-refractivity contribution in [2.24, 2.45) is 5.41 Å². The summed E-state index contributed by atoms with van der Waals surface area (Å²) in [6, 6.07) is 0. The monoisotopic (exact) mass is 314 g/mol. The third-order valence-electron chi connectivity index (χ3n) is 3.55. The first-order valence-electron chi connectivity index (χ1n) is 7.71. The molecular weight excluding hydrogens is 284 g/mol. The minimum atomic E-state index is -0.0922. The number of carbonyl (C=O) groups is 1. The lowest BCUT2D eigenvalue weighted by Gasteiger charge is -2.29. The van der Waals surface area contributed by atoms with Crippen LogP contribution in [0.25, 0.3) is 0 Å². The Hall–Kier alpha value is -0.520. The second-order valence-electron chi connectivity index (χ2n) is 6.45. The Morgan fingerprint density at radius 3 is 2.62 bits per heavy atom. The highest BCUT2D eigenvalue weighted by atomic mass is 32.2. The van der Waals surface area contributed by atoms with Crippen LogP contribution < -0.4 is 5.32 Å². The van der Waals surface area contributed by atoms with Gasteiger partial charge in [0.25, 0.3) is 0 Å². The van der Waals surface area contributed by atoms with Gasteiger partial charge in [-0.25, -0.2) is 0 Å². The van der Waals surface area contributed by atoms with Crippen molar-refractivity contribution in [3.8, 4) is 0 Å². The zero-order valence-corrected chi connectivity index (χ0v) is 14.9. The molecule has 1 aliphatic heterocycles. The summed E-state index contributed by atoms with van der Waals surface area (Å²) in [5.41, 5.74) is 1.97. The van der Waals surface area contributed by atoms with Gasteiger partial charge in [-0.1, -0.05) is 27.7 Å². The summed E-state index contributed by atoms with van der Waals surface area (Å²) in [5, 5.41) is 3.41. The average Bonchev–Trinajstić information content (AvgIpc) is 2.40. The number of allylic oxidation sites excluding steroid dienone is 1. The second kappa shape index (κ2) is 8.81. The summed E-state index contributed by atoms with van der Waals surface area (Å²) < 4.78 is 5.63. The summed E-state index contributed by atoms with van der Waals surface area (Å²) >= 11 is 1.69. The average molecular weight is 314 g/mol. The van der Waals surface area contributed by atoms with E-state index in [1.807, 2.05) is 0 Å². The molecule has 1 heterocycles. The van der Waals surface area contributed by atoms with Crippen molar-refractivity contribution in [3.63, 3.8) is 0 Å². The van der Waals surface area contributed by atoms with Gasteiger partial charge in [-0.3, -0.25) is 4.79 Å². The quantitative estimate of drug-likeness (QED) is 0.695. The van der Waals surface area contributed by atoms with E-state index >= 15 is 0 Å². The van der Waals surface area contributed by atoms with E-state index in [-0.39, 0.29) is 11.2 Å². The molecular formula is C16H30N2O2S. The fraction of sp³-hybridized carbons (Fsp3) is 0.812. The Balaban J connectivity index is 2.40. The Bertz CT molecular complexity index is 375. The van der Waals surface area contributed by atoms with Crippen molar-refractivity contribution < 1.29 is 9.53 Å². The Morgan fingerprint density at radius 2 is 2.00 bits per heavy atom. The maximum absolute atomic E-state index is 12.1. The highest BCUT2D eigenvalue weighted by Crippen LogP contribution is 2.33. The Morgan fingerprint density at radius 1 is 1.29 bits per heavy atom. The van der Waals surface area contributed by atoms with E-state index in [4.69, 9.17) is 4.74 Å². The minimum absolute atomic E-state index is 0.0922. The first-order valence-corrected chi connectivity index (χ1v) is 8.86. The number of hydrogen-bond donors (Lipinski definition) is 1. The zero-order valence-electron chi connectivity index (χ0n) is 14.1. The van der Waals surface area contributed by atoms with Gasteiger partial charge in [0.15, 0.2) is 5.78 Å². The number of nitrogens with one attached hydrogen (secondary N) is 1. The van der Waals surface area contributed by atoms with E-state index in [0.717, 1.165) is 43.3 Å². The molecule has 5 heteroatoms. The predicted molar refractivity (Wildman–Crippen MR) is 90.8 cm³/mol. The summed E-state index contributed by atoms with van der Waals surface area (Å²) in [4.78, 5) is 14.4. The molecule has 4 nitrogen and oxygen atoms in total. The van der Waals surface area contributed by atoms with E-state index in [2.05, 4.69) is 45.0 Å². The van der Waals surface area contributed by atoms with Crippen molar-refractivity contribution in [1.82, 2.24) is 10.2 Å². The smallest absolute Gasteiger partial charge is 0.171 e. The van der Waals surface area contributed by atoms with Crippen LogP contribution in [0.1, 0.15) is 27.7 Å². The molecule has 0 fully saturated rings. The fourth-order valence-corrected chi connectivity index (χ4v) is 3.21. The Labute approximate surface area is 133 Å². The van der Waals surface area contributed by atoms with Crippen LogP contribution in [0.5, 0.6) is 0 Å². The maximum atomic E-state index is 12.1. The van der Waals surface area contributed by atoms with Gasteiger partial charge >= 0.3 is 0 Å². The van der Waals surface area contributed by atoms with Crippen LogP contribution >= 0.6 is 11.8 Å². The first-order chi connectivity index (χ1) is 9.86. The molecule has 122 valence electrons. The molecule has 0 unspecified atom stereocenters. The van der Waals surface area contributed by atoms with Gasteiger partial charge < -0.3 is 15.0 Å². The highest BCUT2D eigenvalue weighted by molar-refractivity contribution is 8.00. The number of nitrogens with zero attached hydrogens (tertiary/aromatic N) is 1. The normalized spacial score (nSPS) is 16.8. The van der Waals surface area contributed by atoms with E-state index < -0.39 is 0 Å². The molecule has 1 aliphatic rings. The van der Waals surface area contributed by atoms with Crippen LogP contribution in [0.2, 0.25) is 0 Å². The zero-order chi connectivity index (χ0) is 15.9. The third kappa shape index (κ3) is 6.41. The molecule has 0 aliphatic carbocycles. The van der Waals surface area contributed by atoms with Crippen molar-refractivity contribution >= 4 is 17.5 Å². The molecule has 1 N–H and O–H groups in total. The second-order valence-corrected chi connectivity index (χ2v) is 7.44. The molecule has 0 aromatic rings. The third-order valence-corrected chi connectivity index (χ3v) is 4.51. The topological polar surface area (TPSA) is 41.6 Å². The highest BCUT2D eigenvalue weighted by Gasteiger charge is 2.30. The number of ether oxygens (including phenoxy) is 1. The van der Waals surface area contributed by atoms with E-state index in [9.17, 15) is 4.79 Å². The summed E-state index contributed by atoms with van der Waals surface area (Å²) in [6.45, 7) is 12.7. The number of ketones is 1. The van der Waals surface area contributed by atoms with Crippen molar-refractivity contribution in [2.45, 2.75) is 27.7 Å². The first kappa shape index (κ1) is 18.5. The number of hydrogen-bond acceptors (Lipinski definition) is 5. The molecule has 0 spiro atoms. The largest absolute Gasteiger partial charge is 0.385 e. The number of thioether (sulfide) groups is 1. The molecule has 0 atom stereocenters. The van der Waals surface area contributed by atoms with Gasteiger partial charge in [-0.05, 0) is 19.0 Å². The lowest BCUT2D eigenvalue weighted by Crippen LogP contribution is -2.33. The lowest BCUT2D eigenvalue weighted by molar-refractivity contribution is -0.114. The number of rotatable bonds is 8. The number of carbonyl (C=O) groups excluding carboxylic acids is 1. The number of likely N-dealkylation sites (N-methyl/N-ethyl adjacent to an activating group) is 1. The summed E-state index contributed by atoms with van der Waals surface area (Å²) in [6.07, 6.45) is 0. The molecule has 1 rings (SSSR count). The molecule has 0 saturated carbocycles. The molecule has 0 radical (unpaired) electrons. The van der Waals surface area contributed by atoms with Gasteiger partial charge in [-0.15, -0.1) is 11.8 Å². The van der Waals surface area contributed by atoms with Gasteiger partial charge in [-0.2, -0.15) is 0 Å². The van der Waals surface area contributed by atoms with Crippen LogP contribution in [0.15, 0.2) is 11.3 Å². The maximum Gasteiger partial charge on any atom is 0.171 e. The van der Waals surface area contributed by atoms with Crippen molar-refractivity contribution in [1.29, 1.82) is 0 Å². The SMILES string of the molecule is CCN(C)CCOCCNC1=C(C(C)(C)C)C(=O)CSC1. The lowest BCUT2D eigenvalue weighted by atomic mass is 9.82. The minimum Gasteiger partial charge on any atom is -0.385 e. The van der Waals surface area contributed by atoms with Crippen molar-refractivity contribution in [2.75, 3.05) is 51.4 Å².